The Labute approximate surface area is 158 Å². The number of benzene rings is 2. The summed E-state index contributed by atoms with van der Waals surface area (Å²) in [7, 11) is 0. The number of oxazole rings is 1. The van der Waals surface area contributed by atoms with Crippen LogP contribution in [0.3, 0.4) is 0 Å². The minimum atomic E-state index is -0.253. The van der Waals surface area contributed by atoms with Gasteiger partial charge < -0.3 is 9.52 Å². The summed E-state index contributed by atoms with van der Waals surface area (Å²) < 4.78 is 5.38. The summed E-state index contributed by atoms with van der Waals surface area (Å²) in [5, 5.41) is 10.6. The van der Waals surface area contributed by atoms with Gasteiger partial charge in [0.15, 0.2) is 5.69 Å². The summed E-state index contributed by atoms with van der Waals surface area (Å²) in [5.41, 5.74) is 4.05. The third-order valence-electron chi connectivity index (χ3n) is 4.15. The van der Waals surface area contributed by atoms with Crippen LogP contribution in [-0.4, -0.2) is 16.3 Å². The van der Waals surface area contributed by atoms with Gasteiger partial charge in [-0.3, -0.25) is 4.99 Å². The molecule has 1 heterocycles. The monoisotopic (exact) mass is 368 g/mol. The van der Waals surface area contributed by atoms with Gasteiger partial charge >= 0.3 is 5.95 Å². The van der Waals surface area contributed by atoms with Crippen LogP contribution in [0.5, 0.6) is 5.95 Å². The Morgan fingerprint density at radius 1 is 1.19 bits per heavy atom. The van der Waals surface area contributed by atoms with Crippen LogP contribution in [0.25, 0.3) is 11.5 Å². The summed E-state index contributed by atoms with van der Waals surface area (Å²) in [6.45, 7) is 4.11. The molecule has 0 aliphatic rings. The van der Waals surface area contributed by atoms with Gasteiger partial charge in [0.1, 0.15) is 0 Å². The van der Waals surface area contributed by atoms with Crippen molar-refractivity contribution < 1.29 is 9.52 Å². The van der Waals surface area contributed by atoms with E-state index in [9.17, 15) is 5.11 Å². The zero-order chi connectivity index (χ0) is 18.5. The highest BCUT2D eigenvalue weighted by molar-refractivity contribution is 6.31. The van der Waals surface area contributed by atoms with Gasteiger partial charge in [0.2, 0.25) is 5.89 Å². The summed E-state index contributed by atoms with van der Waals surface area (Å²) >= 11 is 6.10. The van der Waals surface area contributed by atoms with E-state index in [-0.39, 0.29) is 11.6 Å². The molecule has 0 saturated heterocycles. The Balaban J connectivity index is 1.78. The molecule has 134 valence electrons. The molecular weight excluding hydrogens is 348 g/mol. The molecule has 0 bridgehead atoms. The molecule has 0 spiro atoms. The van der Waals surface area contributed by atoms with Crippen LogP contribution in [0.1, 0.15) is 36.6 Å². The van der Waals surface area contributed by atoms with E-state index in [0.717, 1.165) is 17.5 Å². The van der Waals surface area contributed by atoms with Crippen molar-refractivity contribution in [2.45, 2.75) is 33.1 Å². The number of unbranched alkanes of at least 4 members (excludes halogenated alkanes) is 1. The van der Waals surface area contributed by atoms with Crippen LogP contribution in [0.2, 0.25) is 5.02 Å². The second-order valence-corrected chi connectivity index (χ2v) is 6.61. The molecule has 0 atom stereocenters. The molecule has 0 saturated carbocycles. The van der Waals surface area contributed by atoms with Gasteiger partial charge in [-0.1, -0.05) is 43.1 Å². The van der Waals surface area contributed by atoms with E-state index in [0.29, 0.717) is 16.6 Å². The summed E-state index contributed by atoms with van der Waals surface area (Å²) in [5.74, 6) is 0.116. The second-order valence-electron chi connectivity index (χ2n) is 6.20. The highest BCUT2D eigenvalue weighted by Crippen LogP contribution is 2.27. The van der Waals surface area contributed by atoms with Crippen LogP contribution in [0.4, 0.5) is 5.69 Å². The topological polar surface area (TPSA) is 58.6 Å². The summed E-state index contributed by atoms with van der Waals surface area (Å²) in [6.07, 6.45) is 4.87. The molecule has 26 heavy (non-hydrogen) atoms. The normalized spacial score (nSPS) is 11.3. The molecule has 3 aromatic rings. The number of aromatic nitrogens is 1. The molecule has 1 aromatic heterocycles. The van der Waals surface area contributed by atoms with E-state index in [4.69, 9.17) is 16.0 Å². The lowest BCUT2D eigenvalue weighted by Gasteiger charge is -2.00. The van der Waals surface area contributed by atoms with Gasteiger partial charge in [0, 0.05) is 10.6 Å². The first-order chi connectivity index (χ1) is 12.6. The number of aryl methyl sites for hydroxylation is 2. The van der Waals surface area contributed by atoms with Crippen LogP contribution in [-0.2, 0) is 6.42 Å². The Bertz CT molecular complexity index is 914. The van der Waals surface area contributed by atoms with E-state index >= 15 is 0 Å². The molecule has 0 unspecified atom stereocenters. The second kappa shape index (κ2) is 8.19. The Hall–Kier alpha value is -2.59. The number of nitrogens with zero attached hydrogens (tertiary/aromatic N) is 2. The number of hydrogen-bond acceptors (Lipinski definition) is 4. The molecule has 2 aromatic carbocycles. The highest BCUT2D eigenvalue weighted by atomic mass is 35.5. The average molecular weight is 369 g/mol. The quantitative estimate of drug-likeness (QED) is 0.534. The van der Waals surface area contributed by atoms with Gasteiger partial charge in [0.25, 0.3) is 0 Å². The standard InChI is InChI=1S/C21H21ClN2O2/c1-3-4-5-15-7-9-16(10-8-15)20-24-19(21(25)26-20)13-23-17-11-6-14(2)18(22)12-17/h6-13,25H,3-5H2,1-2H3. The predicted molar refractivity (Wildman–Crippen MR) is 106 cm³/mol. The Morgan fingerprint density at radius 2 is 1.96 bits per heavy atom. The van der Waals surface area contributed by atoms with Gasteiger partial charge in [-0.25, -0.2) is 4.98 Å². The molecule has 0 amide bonds. The number of hydrogen-bond donors (Lipinski definition) is 1. The smallest absolute Gasteiger partial charge is 0.312 e. The van der Waals surface area contributed by atoms with Crippen molar-refractivity contribution >= 4 is 23.5 Å². The van der Waals surface area contributed by atoms with Gasteiger partial charge in [-0.2, -0.15) is 0 Å². The van der Waals surface area contributed by atoms with E-state index in [1.165, 1.54) is 24.6 Å². The molecule has 0 radical (unpaired) electrons. The van der Waals surface area contributed by atoms with Gasteiger partial charge in [-0.15, -0.1) is 0 Å². The van der Waals surface area contributed by atoms with Crippen LogP contribution in [0.15, 0.2) is 51.9 Å². The minimum Gasteiger partial charge on any atom is -0.479 e. The maximum absolute atomic E-state index is 9.99. The van der Waals surface area contributed by atoms with Crippen molar-refractivity contribution in [3.8, 4) is 17.4 Å². The Kier molecular flexibility index (Phi) is 5.74. The van der Waals surface area contributed by atoms with Crippen molar-refractivity contribution in [2.75, 3.05) is 0 Å². The van der Waals surface area contributed by atoms with Crippen molar-refractivity contribution in [1.29, 1.82) is 0 Å². The highest BCUT2D eigenvalue weighted by Gasteiger charge is 2.12. The van der Waals surface area contributed by atoms with E-state index in [1.54, 1.807) is 6.07 Å². The van der Waals surface area contributed by atoms with Gasteiger partial charge in [-0.05, 0) is 55.2 Å². The van der Waals surface area contributed by atoms with Crippen molar-refractivity contribution in [3.05, 3.63) is 64.3 Å². The maximum Gasteiger partial charge on any atom is 0.312 e. The van der Waals surface area contributed by atoms with Crippen LogP contribution < -0.4 is 0 Å². The molecule has 0 fully saturated rings. The first kappa shape index (κ1) is 18.2. The first-order valence-corrected chi connectivity index (χ1v) is 9.04. The van der Waals surface area contributed by atoms with Crippen molar-refractivity contribution in [3.63, 3.8) is 0 Å². The average Bonchev–Trinajstić information content (AvgIpc) is 3.02. The zero-order valence-corrected chi connectivity index (χ0v) is 15.6. The van der Waals surface area contributed by atoms with Crippen molar-refractivity contribution in [2.24, 2.45) is 4.99 Å². The predicted octanol–water partition coefficient (Wildman–Crippen LogP) is 6.10. The lowest BCUT2D eigenvalue weighted by molar-refractivity contribution is 0.337. The molecular formula is C21H21ClN2O2. The number of aliphatic imine (C=N–C) groups is 1. The lowest BCUT2D eigenvalue weighted by Crippen LogP contribution is -1.86. The molecule has 5 heteroatoms. The molecule has 0 aliphatic heterocycles. The van der Waals surface area contributed by atoms with E-state index < -0.39 is 0 Å². The number of halogens is 1. The lowest BCUT2D eigenvalue weighted by atomic mass is 10.1. The number of aromatic hydroxyl groups is 1. The fourth-order valence-electron chi connectivity index (χ4n) is 2.52. The van der Waals surface area contributed by atoms with Crippen LogP contribution in [0, 0.1) is 6.92 Å². The molecule has 1 N–H and O–H groups in total. The maximum atomic E-state index is 9.99. The first-order valence-electron chi connectivity index (χ1n) is 8.66. The van der Waals surface area contributed by atoms with Crippen LogP contribution >= 0.6 is 11.6 Å². The van der Waals surface area contributed by atoms with Gasteiger partial charge in [0.05, 0.1) is 11.9 Å². The molecule has 3 rings (SSSR count). The third-order valence-corrected chi connectivity index (χ3v) is 4.55. The fourth-order valence-corrected chi connectivity index (χ4v) is 2.70. The zero-order valence-electron chi connectivity index (χ0n) is 14.9. The van der Waals surface area contributed by atoms with E-state index in [1.807, 2.05) is 31.2 Å². The SMILES string of the molecule is CCCCc1ccc(-c2nc(C=Nc3ccc(C)c(Cl)c3)c(O)o2)cc1. The number of rotatable bonds is 6. The summed E-state index contributed by atoms with van der Waals surface area (Å²) in [4.78, 5) is 8.63. The largest absolute Gasteiger partial charge is 0.479 e. The molecule has 0 aliphatic carbocycles. The fraction of sp³-hybridized carbons (Fsp3) is 0.238. The minimum absolute atomic E-state index is 0.253. The summed E-state index contributed by atoms with van der Waals surface area (Å²) in [6, 6.07) is 13.5. The molecule has 4 nitrogen and oxygen atoms in total. The Morgan fingerprint density at radius 3 is 2.65 bits per heavy atom. The van der Waals surface area contributed by atoms with E-state index in [2.05, 4.69) is 29.0 Å². The van der Waals surface area contributed by atoms with Crippen molar-refractivity contribution in [1.82, 2.24) is 4.98 Å². The third kappa shape index (κ3) is 4.33.